The molecule has 1 heterocycles. The molecule has 4 rings (SSSR count). The van der Waals surface area contributed by atoms with Crippen molar-refractivity contribution in [3.05, 3.63) is 0 Å². The second kappa shape index (κ2) is 3.25. The SMILES string of the molecule is O=CN[C@@H]1[C@@H]2CCC[C@H]1[C@]13CCCC[C@@]1(C2)O3. The fourth-order valence-corrected chi connectivity index (χ4v) is 5.37. The molecule has 3 aliphatic carbocycles. The molecule has 4 aliphatic rings. The molecular formula is C14H21NO2. The average Bonchev–Trinajstić information content (AvgIpc) is 3.00. The first-order valence-corrected chi connectivity index (χ1v) is 7.21. The van der Waals surface area contributed by atoms with Crippen molar-refractivity contribution >= 4 is 6.41 Å². The Morgan fingerprint density at radius 3 is 2.94 bits per heavy atom. The Labute approximate surface area is 102 Å². The van der Waals surface area contributed by atoms with Crippen LogP contribution in [0.1, 0.15) is 51.4 Å². The van der Waals surface area contributed by atoms with Crippen molar-refractivity contribution in [2.45, 2.75) is 68.6 Å². The standard InChI is InChI=1S/C14H21NO2/c16-9-15-12-10-4-3-5-11(12)14-7-2-1-6-13(14,8-10)17-14/h9-12H,1-8H2,(H,15,16)/t10-,11-,12-,13+,14-/m1/s1. The van der Waals surface area contributed by atoms with Crippen molar-refractivity contribution in [2.75, 3.05) is 0 Å². The fraction of sp³-hybridized carbons (Fsp3) is 0.929. The van der Waals surface area contributed by atoms with Gasteiger partial charge in [0.25, 0.3) is 0 Å². The highest BCUT2D eigenvalue weighted by Gasteiger charge is 2.77. The Balaban J connectivity index is 1.69. The quantitative estimate of drug-likeness (QED) is 0.587. The third-order valence-electron chi connectivity index (χ3n) is 5.97. The lowest BCUT2D eigenvalue weighted by molar-refractivity contribution is -0.111. The number of carbonyl (C=O) groups is 1. The number of hydrogen-bond acceptors (Lipinski definition) is 2. The highest BCUT2D eigenvalue weighted by atomic mass is 16.6. The maximum absolute atomic E-state index is 10.8. The van der Waals surface area contributed by atoms with Gasteiger partial charge in [0.2, 0.25) is 6.41 Å². The normalized spacial score (nSPS) is 55.4. The molecule has 2 bridgehead atoms. The Morgan fingerprint density at radius 1 is 1.18 bits per heavy atom. The van der Waals surface area contributed by atoms with Crippen molar-refractivity contribution in [3.63, 3.8) is 0 Å². The molecule has 0 unspecified atom stereocenters. The second-order valence-electron chi connectivity index (χ2n) is 6.50. The van der Waals surface area contributed by atoms with Crippen LogP contribution in [0.3, 0.4) is 0 Å². The number of carbonyl (C=O) groups excluding carboxylic acids is 1. The lowest BCUT2D eigenvalue weighted by atomic mass is 9.56. The third-order valence-corrected chi connectivity index (χ3v) is 5.97. The molecule has 3 saturated carbocycles. The number of epoxide rings is 1. The van der Waals surface area contributed by atoms with Gasteiger partial charge in [0.1, 0.15) is 5.60 Å². The van der Waals surface area contributed by atoms with Crippen molar-refractivity contribution in [2.24, 2.45) is 11.8 Å². The summed E-state index contributed by atoms with van der Waals surface area (Å²) in [6.07, 6.45) is 11.1. The summed E-state index contributed by atoms with van der Waals surface area (Å²) in [6, 6.07) is 0.398. The van der Waals surface area contributed by atoms with Gasteiger partial charge in [-0.1, -0.05) is 19.3 Å². The minimum Gasteiger partial charge on any atom is -0.362 e. The van der Waals surface area contributed by atoms with Crippen LogP contribution in [0, 0.1) is 11.8 Å². The monoisotopic (exact) mass is 235 g/mol. The summed E-state index contributed by atoms with van der Waals surface area (Å²) in [5.41, 5.74) is 0.408. The smallest absolute Gasteiger partial charge is 0.207 e. The summed E-state index contributed by atoms with van der Waals surface area (Å²) in [5, 5.41) is 3.11. The first kappa shape index (κ1) is 10.4. The van der Waals surface area contributed by atoms with E-state index in [0.29, 0.717) is 17.9 Å². The number of fused-ring (bicyclic) bond motifs is 2. The van der Waals surface area contributed by atoms with E-state index in [1.54, 1.807) is 0 Å². The molecule has 0 aromatic heterocycles. The van der Waals surface area contributed by atoms with E-state index in [-0.39, 0.29) is 11.2 Å². The summed E-state index contributed by atoms with van der Waals surface area (Å²) in [7, 11) is 0. The largest absolute Gasteiger partial charge is 0.362 e. The molecule has 0 radical (unpaired) electrons. The first-order valence-electron chi connectivity index (χ1n) is 7.21. The molecule has 3 nitrogen and oxygen atoms in total. The van der Waals surface area contributed by atoms with E-state index in [2.05, 4.69) is 5.32 Å². The molecule has 0 aromatic rings. The van der Waals surface area contributed by atoms with Gasteiger partial charge in [-0.05, 0) is 38.0 Å². The Morgan fingerprint density at radius 2 is 2.06 bits per heavy atom. The first-order chi connectivity index (χ1) is 8.31. The number of rotatable bonds is 2. The van der Waals surface area contributed by atoms with Gasteiger partial charge in [0.15, 0.2) is 0 Å². The van der Waals surface area contributed by atoms with Gasteiger partial charge < -0.3 is 10.1 Å². The van der Waals surface area contributed by atoms with Crippen LogP contribution in [-0.2, 0) is 9.53 Å². The van der Waals surface area contributed by atoms with Crippen molar-refractivity contribution in [1.82, 2.24) is 5.32 Å². The zero-order valence-corrected chi connectivity index (χ0v) is 10.3. The summed E-state index contributed by atoms with van der Waals surface area (Å²) in [6.45, 7) is 0. The van der Waals surface area contributed by atoms with E-state index in [0.717, 1.165) is 6.41 Å². The molecular weight excluding hydrogens is 214 g/mol. The highest BCUT2D eigenvalue weighted by Crippen LogP contribution is 2.70. The number of hydrogen-bond donors (Lipinski definition) is 1. The Hall–Kier alpha value is -0.570. The number of nitrogens with one attached hydrogen (secondary N) is 1. The Bertz CT molecular complexity index is 358. The van der Waals surface area contributed by atoms with Crippen LogP contribution in [0.2, 0.25) is 0 Å². The molecule has 1 N–H and O–H groups in total. The predicted molar refractivity (Wildman–Crippen MR) is 63.5 cm³/mol. The van der Waals surface area contributed by atoms with Crippen molar-refractivity contribution < 1.29 is 9.53 Å². The van der Waals surface area contributed by atoms with Crippen LogP contribution < -0.4 is 5.32 Å². The van der Waals surface area contributed by atoms with Gasteiger partial charge in [-0.15, -0.1) is 0 Å². The number of amides is 1. The van der Waals surface area contributed by atoms with Gasteiger partial charge in [-0.2, -0.15) is 0 Å². The second-order valence-corrected chi connectivity index (χ2v) is 6.50. The molecule has 0 aromatic carbocycles. The molecule has 3 heteroatoms. The Kier molecular flexibility index (Phi) is 1.98. The summed E-state index contributed by atoms with van der Waals surface area (Å²) in [4.78, 5) is 10.8. The van der Waals surface area contributed by atoms with Gasteiger partial charge in [0.05, 0.1) is 5.60 Å². The van der Waals surface area contributed by atoms with E-state index in [1.807, 2.05) is 0 Å². The van der Waals surface area contributed by atoms with Crippen molar-refractivity contribution in [1.29, 1.82) is 0 Å². The zero-order chi connectivity index (χ0) is 11.5. The van der Waals surface area contributed by atoms with Gasteiger partial charge >= 0.3 is 0 Å². The molecule has 1 aliphatic heterocycles. The number of ether oxygens (including phenoxy) is 1. The van der Waals surface area contributed by atoms with Gasteiger partial charge in [0, 0.05) is 12.0 Å². The lowest BCUT2D eigenvalue weighted by Gasteiger charge is -2.48. The van der Waals surface area contributed by atoms with Crippen LogP contribution in [0.15, 0.2) is 0 Å². The highest BCUT2D eigenvalue weighted by molar-refractivity contribution is 5.48. The molecule has 1 saturated heterocycles. The van der Waals surface area contributed by atoms with Crippen LogP contribution in [0.4, 0.5) is 0 Å². The topological polar surface area (TPSA) is 41.6 Å². The van der Waals surface area contributed by atoms with E-state index in [4.69, 9.17) is 4.74 Å². The average molecular weight is 235 g/mol. The summed E-state index contributed by atoms with van der Waals surface area (Å²) < 4.78 is 6.35. The summed E-state index contributed by atoms with van der Waals surface area (Å²) >= 11 is 0. The van der Waals surface area contributed by atoms with Crippen molar-refractivity contribution in [3.8, 4) is 0 Å². The van der Waals surface area contributed by atoms with E-state index < -0.39 is 0 Å². The molecule has 0 spiro atoms. The summed E-state index contributed by atoms with van der Waals surface area (Å²) in [5.74, 6) is 1.27. The van der Waals surface area contributed by atoms with Gasteiger partial charge in [-0.3, -0.25) is 4.79 Å². The minimum atomic E-state index is 0.169. The molecule has 5 atom stereocenters. The molecule has 4 fully saturated rings. The maximum Gasteiger partial charge on any atom is 0.207 e. The van der Waals surface area contributed by atoms with Crippen LogP contribution >= 0.6 is 0 Å². The van der Waals surface area contributed by atoms with Gasteiger partial charge in [-0.25, -0.2) is 0 Å². The van der Waals surface area contributed by atoms with Crippen LogP contribution in [0.5, 0.6) is 0 Å². The zero-order valence-electron chi connectivity index (χ0n) is 10.3. The molecule has 1 amide bonds. The maximum atomic E-state index is 10.8. The van der Waals surface area contributed by atoms with E-state index in [9.17, 15) is 4.79 Å². The fourth-order valence-electron chi connectivity index (χ4n) is 5.37. The molecule has 17 heavy (non-hydrogen) atoms. The van der Waals surface area contributed by atoms with Crippen LogP contribution in [0.25, 0.3) is 0 Å². The van der Waals surface area contributed by atoms with E-state index >= 15 is 0 Å². The van der Waals surface area contributed by atoms with Crippen LogP contribution in [-0.4, -0.2) is 23.7 Å². The molecule has 94 valence electrons. The predicted octanol–water partition coefficient (Wildman–Crippen LogP) is 2.00. The van der Waals surface area contributed by atoms with E-state index in [1.165, 1.54) is 51.4 Å². The third kappa shape index (κ3) is 1.14. The minimum absolute atomic E-state index is 0.169. The lowest BCUT2D eigenvalue weighted by Crippen LogP contribution is -2.57.